The van der Waals surface area contributed by atoms with Crippen molar-refractivity contribution in [2.75, 3.05) is 25.1 Å². The topological polar surface area (TPSA) is 96.3 Å². The number of nitrogens with zero attached hydrogens (tertiary/aromatic N) is 4. The van der Waals surface area contributed by atoms with Gasteiger partial charge in [0.05, 0.1) is 30.2 Å². The lowest BCUT2D eigenvalue weighted by Crippen LogP contribution is -2.35. The summed E-state index contributed by atoms with van der Waals surface area (Å²) in [6, 6.07) is 15.4. The predicted octanol–water partition coefficient (Wildman–Crippen LogP) is 3.05. The fourth-order valence-electron chi connectivity index (χ4n) is 4.24. The van der Waals surface area contributed by atoms with E-state index in [0.29, 0.717) is 33.9 Å². The molecule has 3 heterocycles. The normalized spacial score (nSPS) is 14.8. The van der Waals surface area contributed by atoms with Crippen molar-refractivity contribution in [1.82, 2.24) is 19.7 Å². The molecule has 8 heteroatoms. The van der Waals surface area contributed by atoms with Crippen molar-refractivity contribution >= 4 is 16.7 Å². The third-order valence-electron chi connectivity index (χ3n) is 5.97. The zero-order chi connectivity index (χ0) is 22.2. The second-order valence-electron chi connectivity index (χ2n) is 8.05. The van der Waals surface area contributed by atoms with Gasteiger partial charge in [-0.1, -0.05) is 18.2 Å². The minimum Gasteiger partial charge on any atom is -0.496 e. The first kappa shape index (κ1) is 20.3. The number of H-pyrrole nitrogens is 1. The summed E-state index contributed by atoms with van der Waals surface area (Å²) in [6.07, 6.45) is 1.27. The molecule has 1 fully saturated rings. The van der Waals surface area contributed by atoms with Crippen LogP contribution < -0.4 is 15.2 Å². The number of rotatable bonds is 4. The molecule has 1 aliphatic rings. The van der Waals surface area contributed by atoms with Crippen LogP contribution in [0.15, 0.2) is 53.3 Å². The zero-order valence-electron chi connectivity index (χ0n) is 18.1. The van der Waals surface area contributed by atoms with E-state index >= 15 is 0 Å². The first-order valence-corrected chi connectivity index (χ1v) is 10.7. The smallest absolute Gasteiger partial charge is 0.277 e. The van der Waals surface area contributed by atoms with Gasteiger partial charge in [-0.25, -0.2) is 9.67 Å². The van der Waals surface area contributed by atoms with Gasteiger partial charge in [0.1, 0.15) is 17.1 Å². The van der Waals surface area contributed by atoms with E-state index in [-0.39, 0.29) is 11.7 Å². The van der Waals surface area contributed by atoms with Crippen LogP contribution in [0, 0.1) is 6.92 Å². The molecule has 2 aromatic carbocycles. The number of hydrogen-bond acceptors (Lipinski definition) is 6. The molecule has 4 aromatic rings. The van der Waals surface area contributed by atoms with Crippen LogP contribution in [0.4, 0.5) is 5.69 Å². The van der Waals surface area contributed by atoms with Gasteiger partial charge in [0.2, 0.25) is 0 Å². The van der Waals surface area contributed by atoms with Crippen LogP contribution in [0.5, 0.6) is 5.75 Å². The van der Waals surface area contributed by atoms with Gasteiger partial charge >= 0.3 is 0 Å². The molecule has 32 heavy (non-hydrogen) atoms. The highest BCUT2D eigenvalue weighted by Gasteiger charge is 2.21. The quantitative estimate of drug-likeness (QED) is 0.516. The van der Waals surface area contributed by atoms with Gasteiger partial charge in [-0.2, -0.15) is 5.10 Å². The standard InChI is InChI=1S/C24H25N5O3/c1-15-21-22(29(27-15)16-6-4-3-5-7-16)24(31)26-23(25-21)19-9-8-17(14-20(19)32-2)28-12-10-18(30)11-13-28/h3-9,14,18,30H,10-13H2,1-2H3,(H,25,26,31). The molecule has 2 N–H and O–H groups in total. The van der Waals surface area contributed by atoms with Crippen molar-refractivity contribution < 1.29 is 9.84 Å². The summed E-state index contributed by atoms with van der Waals surface area (Å²) in [7, 11) is 1.61. The van der Waals surface area contributed by atoms with Gasteiger partial charge in [-0.3, -0.25) is 4.79 Å². The van der Waals surface area contributed by atoms with Crippen molar-refractivity contribution in [2.45, 2.75) is 25.9 Å². The number of nitrogens with one attached hydrogen (secondary N) is 1. The number of aliphatic hydroxyl groups is 1. The molecular weight excluding hydrogens is 406 g/mol. The Morgan fingerprint density at radius 1 is 1.09 bits per heavy atom. The van der Waals surface area contributed by atoms with Crippen LogP contribution in [0.25, 0.3) is 28.1 Å². The van der Waals surface area contributed by atoms with Gasteiger partial charge in [-0.05, 0) is 44.0 Å². The molecule has 2 aromatic heterocycles. The van der Waals surface area contributed by atoms with Gasteiger partial charge in [0.15, 0.2) is 5.52 Å². The van der Waals surface area contributed by atoms with E-state index in [1.807, 2.05) is 55.5 Å². The van der Waals surface area contributed by atoms with E-state index < -0.39 is 0 Å². The Balaban J connectivity index is 1.58. The van der Waals surface area contributed by atoms with Crippen LogP contribution in [-0.4, -0.2) is 51.2 Å². The Kier molecular flexibility index (Phi) is 5.14. The Bertz CT molecular complexity index is 1320. The maximum atomic E-state index is 13.1. The fraction of sp³-hybridized carbons (Fsp3) is 0.292. The number of hydrogen-bond donors (Lipinski definition) is 2. The monoisotopic (exact) mass is 431 g/mol. The number of aliphatic hydroxyl groups excluding tert-OH is 1. The molecule has 5 rings (SSSR count). The lowest BCUT2D eigenvalue weighted by atomic mass is 10.1. The lowest BCUT2D eigenvalue weighted by Gasteiger charge is -2.31. The molecule has 0 atom stereocenters. The Morgan fingerprint density at radius 2 is 1.84 bits per heavy atom. The number of aryl methyl sites for hydroxylation is 1. The van der Waals surface area contributed by atoms with Crippen molar-refractivity contribution in [3.05, 3.63) is 64.6 Å². The molecule has 0 amide bonds. The lowest BCUT2D eigenvalue weighted by molar-refractivity contribution is 0.145. The summed E-state index contributed by atoms with van der Waals surface area (Å²) in [5.74, 6) is 1.07. The van der Waals surface area contributed by atoms with Crippen molar-refractivity contribution in [1.29, 1.82) is 0 Å². The van der Waals surface area contributed by atoms with Gasteiger partial charge in [-0.15, -0.1) is 0 Å². The van der Waals surface area contributed by atoms with Crippen LogP contribution in [0.3, 0.4) is 0 Å². The number of methoxy groups -OCH3 is 1. The summed E-state index contributed by atoms with van der Waals surface area (Å²) < 4.78 is 7.28. The Hall–Kier alpha value is -3.65. The average molecular weight is 431 g/mol. The number of aromatic amines is 1. The molecule has 8 nitrogen and oxygen atoms in total. The van der Waals surface area contributed by atoms with E-state index in [0.717, 1.165) is 37.3 Å². The largest absolute Gasteiger partial charge is 0.496 e. The number of aromatic nitrogens is 4. The molecule has 0 saturated carbocycles. The van der Waals surface area contributed by atoms with E-state index in [1.54, 1.807) is 11.8 Å². The molecule has 0 bridgehead atoms. The Morgan fingerprint density at radius 3 is 2.56 bits per heavy atom. The zero-order valence-corrected chi connectivity index (χ0v) is 18.1. The maximum absolute atomic E-state index is 13.1. The van der Waals surface area contributed by atoms with Gasteiger partial charge in [0.25, 0.3) is 5.56 Å². The van der Waals surface area contributed by atoms with E-state index in [2.05, 4.69) is 15.0 Å². The highest BCUT2D eigenvalue weighted by molar-refractivity contribution is 5.81. The number of anilines is 1. The van der Waals surface area contributed by atoms with Crippen LogP contribution in [-0.2, 0) is 0 Å². The fourth-order valence-corrected chi connectivity index (χ4v) is 4.24. The number of para-hydroxylation sites is 1. The summed E-state index contributed by atoms with van der Waals surface area (Å²) in [4.78, 5) is 23.0. The second kappa shape index (κ2) is 8.12. The molecule has 0 spiro atoms. The van der Waals surface area contributed by atoms with Gasteiger partial charge in [0, 0.05) is 24.8 Å². The molecule has 1 aliphatic heterocycles. The first-order chi connectivity index (χ1) is 15.5. The van der Waals surface area contributed by atoms with Crippen molar-refractivity contribution in [3.8, 4) is 22.8 Å². The minimum atomic E-state index is -0.259. The van der Waals surface area contributed by atoms with E-state index in [9.17, 15) is 9.90 Å². The molecular formula is C24H25N5O3. The highest BCUT2D eigenvalue weighted by atomic mass is 16.5. The molecule has 1 saturated heterocycles. The summed E-state index contributed by atoms with van der Waals surface area (Å²) >= 11 is 0. The molecule has 0 unspecified atom stereocenters. The average Bonchev–Trinajstić information content (AvgIpc) is 3.16. The number of fused-ring (bicyclic) bond motifs is 1. The summed E-state index contributed by atoms with van der Waals surface area (Å²) in [6.45, 7) is 3.44. The van der Waals surface area contributed by atoms with Crippen molar-refractivity contribution in [3.63, 3.8) is 0 Å². The number of piperidine rings is 1. The molecule has 0 aliphatic carbocycles. The van der Waals surface area contributed by atoms with Crippen LogP contribution in [0.1, 0.15) is 18.5 Å². The SMILES string of the molecule is COc1cc(N2CCC(O)CC2)ccc1-c1nc2c(C)nn(-c3ccccc3)c2c(=O)[nH]1. The minimum absolute atomic E-state index is 0.228. The molecule has 0 radical (unpaired) electrons. The predicted molar refractivity (Wildman–Crippen MR) is 124 cm³/mol. The third kappa shape index (κ3) is 3.52. The van der Waals surface area contributed by atoms with Crippen molar-refractivity contribution in [2.24, 2.45) is 0 Å². The Labute approximate surface area is 185 Å². The number of benzene rings is 2. The number of ether oxygens (including phenoxy) is 1. The van der Waals surface area contributed by atoms with Crippen LogP contribution in [0.2, 0.25) is 0 Å². The first-order valence-electron chi connectivity index (χ1n) is 10.7. The van der Waals surface area contributed by atoms with E-state index in [1.165, 1.54) is 0 Å². The van der Waals surface area contributed by atoms with E-state index in [4.69, 9.17) is 9.72 Å². The third-order valence-corrected chi connectivity index (χ3v) is 5.97. The van der Waals surface area contributed by atoms with Gasteiger partial charge < -0.3 is 19.7 Å². The molecule has 164 valence electrons. The highest BCUT2D eigenvalue weighted by Crippen LogP contribution is 2.33. The summed E-state index contributed by atoms with van der Waals surface area (Å²) in [5.41, 5.74) is 3.93. The summed E-state index contributed by atoms with van der Waals surface area (Å²) in [5, 5.41) is 14.3. The second-order valence-corrected chi connectivity index (χ2v) is 8.05. The maximum Gasteiger partial charge on any atom is 0.277 e. The van der Waals surface area contributed by atoms with Crippen LogP contribution >= 0.6 is 0 Å².